The van der Waals surface area contributed by atoms with Gasteiger partial charge in [0.15, 0.2) is 0 Å². The van der Waals surface area contributed by atoms with Crippen LogP contribution in [0, 0.1) is 0 Å². The molecule has 2 amide bonds. The lowest BCUT2D eigenvalue weighted by Gasteiger charge is -2.16. The third kappa shape index (κ3) is 5.33. The van der Waals surface area contributed by atoms with E-state index in [1.807, 2.05) is 37.0 Å². The van der Waals surface area contributed by atoms with Crippen LogP contribution in [0.3, 0.4) is 0 Å². The number of rotatable bonds is 7. The number of nitrogens with zero attached hydrogens (tertiary/aromatic N) is 3. The van der Waals surface area contributed by atoms with Crippen LogP contribution in [0.25, 0.3) is 0 Å². The summed E-state index contributed by atoms with van der Waals surface area (Å²) in [6.45, 7) is 2.41. The van der Waals surface area contributed by atoms with E-state index in [1.165, 1.54) is 0 Å². The van der Waals surface area contributed by atoms with Crippen LogP contribution in [0.5, 0.6) is 0 Å². The number of urea groups is 1. The van der Waals surface area contributed by atoms with Crippen molar-refractivity contribution in [3.63, 3.8) is 0 Å². The predicted molar refractivity (Wildman–Crippen MR) is 110 cm³/mol. The van der Waals surface area contributed by atoms with E-state index in [0.717, 1.165) is 48.6 Å². The number of aliphatic hydroxyl groups excluding tert-OH is 1. The minimum atomic E-state index is -0.0633. The van der Waals surface area contributed by atoms with E-state index in [1.54, 1.807) is 6.20 Å². The van der Waals surface area contributed by atoms with E-state index in [4.69, 9.17) is 5.11 Å². The highest BCUT2D eigenvalue weighted by molar-refractivity contribution is 6.35. The van der Waals surface area contributed by atoms with Gasteiger partial charge in [0, 0.05) is 43.8 Å². The number of hydrogen-bond donors (Lipinski definition) is 4. The summed E-state index contributed by atoms with van der Waals surface area (Å²) in [7, 11) is 1.93. The lowest BCUT2D eigenvalue weighted by molar-refractivity contribution is 0.222. The molecule has 27 heavy (non-hydrogen) atoms. The summed E-state index contributed by atoms with van der Waals surface area (Å²) in [6, 6.07) is 7.42. The molecule has 0 unspecified atom stereocenters. The number of amides is 2. The first-order valence-electron chi connectivity index (χ1n) is 9.27. The van der Waals surface area contributed by atoms with Gasteiger partial charge in [-0.1, -0.05) is 6.07 Å². The highest BCUT2D eigenvalue weighted by Gasteiger charge is 2.17. The Morgan fingerprint density at radius 3 is 2.81 bits per heavy atom. The van der Waals surface area contributed by atoms with Gasteiger partial charge in [0.25, 0.3) is 0 Å². The maximum atomic E-state index is 12.2. The number of nitrogens with one attached hydrogen (secondary N) is 3. The van der Waals surface area contributed by atoms with E-state index in [0.29, 0.717) is 18.9 Å². The van der Waals surface area contributed by atoms with Gasteiger partial charge < -0.3 is 26.0 Å². The number of aliphatic hydroxyl groups is 1. The van der Waals surface area contributed by atoms with Crippen LogP contribution in [0.15, 0.2) is 30.5 Å². The molecule has 0 saturated carbocycles. The van der Waals surface area contributed by atoms with Crippen LogP contribution >= 0.6 is 0 Å². The molecular formula is C18H25BN6O2. The quantitative estimate of drug-likeness (QED) is 0.428. The van der Waals surface area contributed by atoms with Crippen molar-refractivity contribution in [3.8, 4) is 0 Å². The summed E-state index contributed by atoms with van der Waals surface area (Å²) in [5.74, 6) is 1.20. The first kappa shape index (κ1) is 19.0. The van der Waals surface area contributed by atoms with Gasteiger partial charge in [0.1, 0.15) is 13.7 Å². The van der Waals surface area contributed by atoms with Crippen molar-refractivity contribution in [2.75, 3.05) is 42.2 Å². The number of carbonyl (C=O) groups excluding carboxylic acids is 1. The molecule has 0 atom stereocenters. The molecule has 1 aromatic heterocycles. The second-order valence-corrected chi connectivity index (χ2v) is 6.56. The molecule has 1 aliphatic rings. The van der Waals surface area contributed by atoms with Crippen molar-refractivity contribution in [1.29, 1.82) is 0 Å². The summed E-state index contributed by atoms with van der Waals surface area (Å²) >= 11 is 0. The molecule has 2 aromatic rings. The zero-order chi connectivity index (χ0) is 19.1. The van der Waals surface area contributed by atoms with Crippen LogP contribution < -0.4 is 21.4 Å². The fourth-order valence-electron chi connectivity index (χ4n) is 2.89. The molecule has 2 heterocycles. The predicted octanol–water partition coefficient (Wildman–Crippen LogP) is 0.901. The molecule has 1 aliphatic heterocycles. The Balaban J connectivity index is 1.65. The van der Waals surface area contributed by atoms with Crippen molar-refractivity contribution < 1.29 is 9.90 Å². The largest absolute Gasteiger partial charge is 0.396 e. The average molecular weight is 368 g/mol. The van der Waals surface area contributed by atoms with Crippen molar-refractivity contribution in [2.24, 2.45) is 0 Å². The first-order chi connectivity index (χ1) is 13.2. The van der Waals surface area contributed by atoms with Crippen molar-refractivity contribution in [2.45, 2.75) is 19.3 Å². The van der Waals surface area contributed by atoms with E-state index >= 15 is 0 Å². The Labute approximate surface area is 159 Å². The summed E-state index contributed by atoms with van der Waals surface area (Å²) < 4.78 is 0. The zero-order valence-corrected chi connectivity index (χ0v) is 15.5. The van der Waals surface area contributed by atoms with Gasteiger partial charge in [-0.2, -0.15) is 4.98 Å². The molecule has 1 aromatic carbocycles. The van der Waals surface area contributed by atoms with Gasteiger partial charge in [-0.15, -0.1) is 0 Å². The smallest absolute Gasteiger partial charge is 0.321 e. The third-order valence-corrected chi connectivity index (χ3v) is 4.36. The molecule has 1 saturated heterocycles. The molecule has 142 valence electrons. The van der Waals surface area contributed by atoms with E-state index in [-0.39, 0.29) is 12.6 Å². The van der Waals surface area contributed by atoms with Crippen molar-refractivity contribution >= 4 is 42.5 Å². The second-order valence-electron chi connectivity index (χ2n) is 6.56. The normalized spacial score (nSPS) is 13.4. The van der Waals surface area contributed by atoms with Crippen LogP contribution in [-0.4, -0.2) is 60.1 Å². The van der Waals surface area contributed by atoms with E-state index in [2.05, 4.69) is 25.9 Å². The monoisotopic (exact) mass is 368 g/mol. The van der Waals surface area contributed by atoms with Crippen molar-refractivity contribution in [1.82, 2.24) is 14.9 Å². The van der Waals surface area contributed by atoms with Crippen LogP contribution in [0.4, 0.5) is 27.9 Å². The molecular weight excluding hydrogens is 343 g/mol. The summed E-state index contributed by atoms with van der Waals surface area (Å²) in [5.41, 5.74) is 2.45. The molecule has 9 heteroatoms. The first-order valence-corrected chi connectivity index (χ1v) is 9.27. The molecule has 3 rings (SSSR count). The Hall–Kier alpha value is -2.81. The minimum Gasteiger partial charge on any atom is -0.396 e. The molecule has 8 nitrogen and oxygen atoms in total. The fraction of sp³-hybridized carbons (Fsp3) is 0.389. The van der Waals surface area contributed by atoms with Gasteiger partial charge in [-0.25, -0.2) is 9.78 Å². The molecule has 4 N–H and O–H groups in total. The molecule has 0 radical (unpaired) electrons. The van der Waals surface area contributed by atoms with Crippen LogP contribution in [-0.2, 0) is 0 Å². The summed E-state index contributed by atoms with van der Waals surface area (Å²) in [6.07, 6.45) is 4.53. The van der Waals surface area contributed by atoms with E-state index < -0.39 is 0 Å². The molecule has 0 bridgehead atoms. The Bertz CT molecular complexity index is 782. The number of likely N-dealkylation sites (tertiary alicyclic amines) is 1. The average Bonchev–Trinajstić information content (AvgIpc) is 3.20. The van der Waals surface area contributed by atoms with Gasteiger partial charge in [-0.05, 0) is 42.9 Å². The Morgan fingerprint density at radius 2 is 2.04 bits per heavy atom. The topological polar surface area (TPSA) is 102 Å². The SMILES string of the molecule is Bc1cnc(Nc2cccc(NC(=O)N3CCCC3)c2)nc1NCCCO. The maximum Gasteiger partial charge on any atom is 0.321 e. The minimum absolute atomic E-state index is 0.0633. The number of benzene rings is 1. The lowest BCUT2D eigenvalue weighted by atomic mass is 9.99. The summed E-state index contributed by atoms with van der Waals surface area (Å²) in [5, 5.41) is 18.2. The van der Waals surface area contributed by atoms with Gasteiger partial charge in [-0.3, -0.25) is 0 Å². The fourth-order valence-corrected chi connectivity index (χ4v) is 2.89. The van der Waals surface area contributed by atoms with Crippen molar-refractivity contribution in [3.05, 3.63) is 30.5 Å². The van der Waals surface area contributed by atoms with Gasteiger partial charge in [0.05, 0.1) is 0 Å². The number of carbonyl (C=O) groups is 1. The van der Waals surface area contributed by atoms with Gasteiger partial charge >= 0.3 is 6.03 Å². The zero-order valence-electron chi connectivity index (χ0n) is 15.5. The molecule has 0 spiro atoms. The lowest BCUT2D eigenvalue weighted by Crippen LogP contribution is -2.32. The number of aromatic nitrogens is 2. The number of hydrogen-bond acceptors (Lipinski definition) is 6. The van der Waals surface area contributed by atoms with Gasteiger partial charge in [0.2, 0.25) is 5.95 Å². The molecule has 0 aliphatic carbocycles. The van der Waals surface area contributed by atoms with E-state index in [9.17, 15) is 4.79 Å². The molecule has 1 fully saturated rings. The van der Waals surface area contributed by atoms with Crippen LogP contribution in [0.1, 0.15) is 19.3 Å². The Morgan fingerprint density at radius 1 is 1.26 bits per heavy atom. The van der Waals surface area contributed by atoms with Crippen LogP contribution in [0.2, 0.25) is 0 Å². The highest BCUT2D eigenvalue weighted by atomic mass is 16.3. The number of anilines is 4. The Kier molecular flexibility index (Phi) is 6.48. The maximum absolute atomic E-state index is 12.2. The standard InChI is InChI=1S/C18H25BN6O2/c19-15-12-21-17(24-16(15)20-7-4-10-26)22-13-5-3-6-14(11-13)23-18(27)25-8-1-2-9-25/h3,5-6,11-12,26H,1-2,4,7-10,19H2,(H,23,27)(H2,20,21,22,24). The third-order valence-electron chi connectivity index (χ3n) is 4.36. The second kappa shape index (κ2) is 9.22. The highest BCUT2D eigenvalue weighted by Crippen LogP contribution is 2.19. The summed E-state index contributed by atoms with van der Waals surface area (Å²) in [4.78, 5) is 22.9.